The van der Waals surface area contributed by atoms with E-state index in [9.17, 15) is 8.42 Å². The van der Waals surface area contributed by atoms with Gasteiger partial charge in [0.15, 0.2) is 5.82 Å². The van der Waals surface area contributed by atoms with Gasteiger partial charge in [0.25, 0.3) is 10.0 Å². The van der Waals surface area contributed by atoms with Gasteiger partial charge >= 0.3 is 0 Å². The van der Waals surface area contributed by atoms with Crippen LogP contribution in [-0.2, 0) is 10.0 Å². The van der Waals surface area contributed by atoms with E-state index in [-0.39, 0.29) is 15.9 Å². The molecule has 0 radical (unpaired) electrons. The van der Waals surface area contributed by atoms with Crippen LogP contribution in [0.5, 0.6) is 0 Å². The zero-order valence-corrected chi connectivity index (χ0v) is 12.0. The van der Waals surface area contributed by atoms with Crippen LogP contribution in [0.25, 0.3) is 0 Å². The lowest BCUT2D eigenvalue weighted by molar-refractivity contribution is 0.600. The number of aromatic nitrogens is 2. The van der Waals surface area contributed by atoms with Gasteiger partial charge in [-0.05, 0) is 31.0 Å². The lowest BCUT2D eigenvalue weighted by Gasteiger charge is -2.10. The molecule has 0 unspecified atom stereocenters. The fourth-order valence-corrected chi connectivity index (χ4v) is 3.04. The van der Waals surface area contributed by atoms with E-state index in [0.717, 1.165) is 5.56 Å². The number of halogens is 1. The number of nitrogens with zero attached hydrogens (tertiary/aromatic N) is 2. The first kappa shape index (κ1) is 13.8. The molecule has 2 rings (SSSR count). The summed E-state index contributed by atoms with van der Waals surface area (Å²) in [6, 6.07) is 5.22. The van der Waals surface area contributed by atoms with E-state index in [0.29, 0.717) is 5.56 Å². The highest BCUT2D eigenvalue weighted by Crippen LogP contribution is 2.19. The smallest absolute Gasteiger partial charge is 0.262 e. The third kappa shape index (κ3) is 3.21. The fourth-order valence-electron chi connectivity index (χ4n) is 1.58. The van der Waals surface area contributed by atoms with E-state index in [4.69, 9.17) is 11.6 Å². The number of rotatable bonds is 3. The Balaban J connectivity index is 2.40. The van der Waals surface area contributed by atoms with Crippen molar-refractivity contribution >= 4 is 27.4 Å². The topological polar surface area (TPSA) is 72.0 Å². The predicted molar refractivity (Wildman–Crippen MR) is 73.8 cm³/mol. The summed E-state index contributed by atoms with van der Waals surface area (Å²) in [5, 5.41) is 0.126. The standard InChI is InChI=1S/C12H12ClN3O2S/c1-8-3-4-9(2)10(5-8)19(17,18)16-12-7-14-6-11(13)15-12/h3-7H,1-2H3,(H,15,16). The molecule has 0 saturated heterocycles. The number of hydrogen-bond donors (Lipinski definition) is 1. The van der Waals surface area contributed by atoms with Crippen LogP contribution in [0.15, 0.2) is 35.5 Å². The Morgan fingerprint density at radius 2 is 1.95 bits per heavy atom. The third-order valence-electron chi connectivity index (χ3n) is 2.48. The quantitative estimate of drug-likeness (QED) is 0.945. The summed E-state index contributed by atoms with van der Waals surface area (Å²) in [4.78, 5) is 7.85. The Labute approximate surface area is 116 Å². The van der Waals surface area contributed by atoms with Gasteiger partial charge in [0.05, 0.1) is 17.3 Å². The van der Waals surface area contributed by atoms with Crippen molar-refractivity contribution in [3.05, 3.63) is 46.9 Å². The number of hydrogen-bond acceptors (Lipinski definition) is 4. The molecule has 0 amide bonds. The first-order chi connectivity index (χ1) is 8.88. The second-order valence-electron chi connectivity index (χ2n) is 4.10. The Morgan fingerprint density at radius 3 is 2.63 bits per heavy atom. The molecule has 1 aromatic carbocycles. The van der Waals surface area contributed by atoms with Crippen LogP contribution in [0.3, 0.4) is 0 Å². The van der Waals surface area contributed by atoms with Gasteiger partial charge in [-0.3, -0.25) is 9.71 Å². The molecule has 0 bridgehead atoms. The van der Waals surface area contributed by atoms with Crippen LogP contribution in [0.1, 0.15) is 11.1 Å². The second kappa shape index (κ2) is 5.14. The van der Waals surface area contributed by atoms with Gasteiger partial charge in [-0.1, -0.05) is 23.7 Å². The zero-order chi connectivity index (χ0) is 14.0. The van der Waals surface area contributed by atoms with Crippen molar-refractivity contribution < 1.29 is 8.42 Å². The van der Waals surface area contributed by atoms with Gasteiger partial charge in [0.2, 0.25) is 0 Å². The average Bonchev–Trinajstić information content (AvgIpc) is 2.31. The van der Waals surface area contributed by atoms with E-state index in [1.807, 2.05) is 13.0 Å². The van der Waals surface area contributed by atoms with Gasteiger partial charge in [0, 0.05) is 0 Å². The Kier molecular flexibility index (Phi) is 3.73. The molecule has 0 aliphatic heterocycles. The van der Waals surface area contributed by atoms with Crippen molar-refractivity contribution in [3.8, 4) is 0 Å². The molecule has 19 heavy (non-hydrogen) atoms. The first-order valence-electron chi connectivity index (χ1n) is 5.46. The lowest BCUT2D eigenvalue weighted by Crippen LogP contribution is -2.15. The molecule has 0 fully saturated rings. The molecule has 0 atom stereocenters. The van der Waals surface area contributed by atoms with E-state index in [1.165, 1.54) is 12.4 Å². The Hall–Kier alpha value is -1.66. The molecular formula is C12H12ClN3O2S. The summed E-state index contributed by atoms with van der Waals surface area (Å²) < 4.78 is 26.9. The highest BCUT2D eigenvalue weighted by atomic mass is 35.5. The molecular weight excluding hydrogens is 286 g/mol. The maximum atomic E-state index is 12.3. The van der Waals surface area contributed by atoms with E-state index in [2.05, 4.69) is 14.7 Å². The Bertz CT molecular complexity index is 717. The third-order valence-corrected chi connectivity index (χ3v) is 4.16. The summed E-state index contributed by atoms with van der Waals surface area (Å²) in [5.74, 6) is 0.0911. The molecule has 0 aliphatic rings. The van der Waals surface area contributed by atoms with Crippen LogP contribution in [0.4, 0.5) is 5.82 Å². The molecule has 5 nitrogen and oxygen atoms in total. The van der Waals surface area contributed by atoms with Crippen molar-refractivity contribution in [1.29, 1.82) is 0 Å². The average molecular weight is 298 g/mol. The normalized spacial score (nSPS) is 11.3. The molecule has 1 aromatic heterocycles. The summed E-state index contributed by atoms with van der Waals surface area (Å²) in [6.07, 6.45) is 2.63. The van der Waals surface area contributed by atoms with Crippen molar-refractivity contribution in [3.63, 3.8) is 0 Å². The minimum Gasteiger partial charge on any atom is -0.262 e. The van der Waals surface area contributed by atoms with Gasteiger partial charge in [-0.2, -0.15) is 0 Å². The Morgan fingerprint density at radius 1 is 1.21 bits per heavy atom. The number of nitrogens with one attached hydrogen (secondary N) is 1. The van der Waals surface area contributed by atoms with Gasteiger partial charge in [-0.25, -0.2) is 13.4 Å². The number of sulfonamides is 1. The summed E-state index contributed by atoms with van der Waals surface area (Å²) in [6.45, 7) is 3.56. The van der Waals surface area contributed by atoms with Gasteiger partial charge in [-0.15, -0.1) is 0 Å². The number of benzene rings is 1. The molecule has 0 aliphatic carbocycles. The number of aryl methyl sites for hydroxylation is 2. The minimum absolute atomic E-state index is 0.0911. The summed E-state index contributed by atoms with van der Waals surface area (Å²) >= 11 is 5.67. The van der Waals surface area contributed by atoms with Crippen LogP contribution in [0.2, 0.25) is 5.15 Å². The predicted octanol–water partition coefficient (Wildman–Crippen LogP) is 2.55. The monoisotopic (exact) mass is 297 g/mol. The maximum Gasteiger partial charge on any atom is 0.263 e. The molecule has 0 spiro atoms. The largest absolute Gasteiger partial charge is 0.263 e. The van der Waals surface area contributed by atoms with Crippen LogP contribution in [0, 0.1) is 13.8 Å². The molecule has 0 saturated carbocycles. The minimum atomic E-state index is -3.69. The van der Waals surface area contributed by atoms with Crippen molar-refractivity contribution in [2.24, 2.45) is 0 Å². The molecule has 2 aromatic rings. The number of anilines is 1. The van der Waals surface area contributed by atoms with Crippen LogP contribution < -0.4 is 4.72 Å². The lowest BCUT2D eigenvalue weighted by atomic mass is 10.2. The molecule has 7 heteroatoms. The SMILES string of the molecule is Cc1ccc(C)c(S(=O)(=O)Nc2cncc(Cl)n2)c1. The van der Waals surface area contributed by atoms with Gasteiger partial charge < -0.3 is 0 Å². The zero-order valence-electron chi connectivity index (χ0n) is 10.4. The van der Waals surface area contributed by atoms with E-state index >= 15 is 0 Å². The first-order valence-corrected chi connectivity index (χ1v) is 7.32. The molecule has 100 valence electrons. The second-order valence-corrected chi connectivity index (χ2v) is 6.14. The van der Waals surface area contributed by atoms with Crippen molar-refractivity contribution in [1.82, 2.24) is 9.97 Å². The summed E-state index contributed by atoms with van der Waals surface area (Å²) in [7, 11) is -3.69. The van der Waals surface area contributed by atoms with E-state index < -0.39 is 10.0 Å². The van der Waals surface area contributed by atoms with E-state index in [1.54, 1.807) is 19.1 Å². The van der Waals surface area contributed by atoms with Crippen molar-refractivity contribution in [2.45, 2.75) is 18.7 Å². The van der Waals surface area contributed by atoms with Gasteiger partial charge in [0.1, 0.15) is 5.15 Å². The molecule has 1 N–H and O–H groups in total. The molecule has 1 heterocycles. The maximum absolute atomic E-state index is 12.3. The highest BCUT2D eigenvalue weighted by molar-refractivity contribution is 7.92. The summed E-state index contributed by atoms with van der Waals surface area (Å²) in [5.41, 5.74) is 1.52. The fraction of sp³-hybridized carbons (Fsp3) is 0.167. The highest BCUT2D eigenvalue weighted by Gasteiger charge is 2.17. The van der Waals surface area contributed by atoms with Crippen LogP contribution >= 0.6 is 11.6 Å². The van der Waals surface area contributed by atoms with Crippen molar-refractivity contribution in [2.75, 3.05) is 4.72 Å². The van der Waals surface area contributed by atoms with Crippen LogP contribution in [-0.4, -0.2) is 18.4 Å².